The summed E-state index contributed by atoms with van der Waals surface area (Å²) in [6.07, 6.45) is 3.36. The molecule has 0 bridgehead atoms. The summed E-state index contributed by atoms with van der Waals surface area (Å²) in [6, 6.07) is 3.45. The number of methoxy groups -OCH3 is 2. The Morgan fingerprint density at radius 2 is 2.11 bits per heavy atom. The molecule has 7 heteroatoms. The molecule has 1 rings (SSSR count). The van der Waals surface area contributed by atoms with E-state index >= 15 is 0 Å². The summed E-state index contributed by atoms with van der Waals surface area (Å²) < 4.78 is 10.3. The van der Waals surface area contributed by atoms with Crippen LogP contribution in [0.1, 0.15) is 5.56 Å². The van der Waals surface area contributed by atoms with Crippen molar-refractivity contribution in [2.75, 3.05) is 20.5 Å². The van der Waals surface area contributed by atoms with Crippen molar-refractivity contribution in [2.24, 2.45) is 15.9 Å². The summed E-state index contributed by atoms with van der Waals surface area (Å²) in [5, 5.41) is 8.46. The highest BCUT2D eigenvalue weighted by Gasteiger charge is 2.09. The SMILES string of the molecule is COc1cc(/C=N\N=C(/N)SC)cc(Cl)c1OC. The zero-order valence-corrected chi connectivity index (χ0v) is 11.9. The highest BCUT2D eigenvalue weighted by molar-refractivity contribution is 8.13. The number of benzene rings is 1. The summed E-state index contributed by atoms with van der Waals surface area (Å²) in [6.45, 7) is 0. The molecule has 0 radical (unpaired) electrons. The van der Waals surface area contributed by atoms with Gasteiger partial charge in [-0.1, -0.05) is 23.4 Å². The summed E-state index contributed by atoms with van der Waals surface area (Å²) in [5.41, 5.74) is 6.24. The number of hydrogen-bond acceptors (Lipinski definition) is 5. The molecule has 1 aromatic rings. The average Bonchev–Trinajstić information content (AvgIpc) is 2.37. The number of ether oxygens (including phenoxy) is 2. The Morgan fingerprint density at radius 1 is 1.39 bits per heavy atom. The van der Waals surface area contributed by atoms with Crippen LogP contribution in [0.25, 0.3) is 0 Å². The van der Waals surface area contributed by atoms with Gasteiger partial charge in [-0.2, -0.15) is 5.10 Å². The molecular formula is C11H14ClN3O2S. The van der Waals surface area contributed by atoms with E-state index in [0.717, 1.165) is 5.56 Å². The van der Waals surface area contributed by atoms with Gasteiger partial charge in [0, 0.05) is 5.56 Å². The van der Waals surface area contributed by atoms with E-state index in [1.165, 1.54) is 25.1 Å². The van der Waals surface area contributed by atoms with Gasteiger partial charge in [-0.25, -0.2) is 0 Å². The summed E-state index contributed by atoms with van der Waals surface area (Å²) in [4.78, 5) is 0. The fourth-order valence-corrected chi connectivity index (χ4v) is 1.63. The second-order valence-electron chi connectivity index (χ2n) is 3.13. The van der Waals surface area contributed by atoms with Crippen molar-refractivity contribution in [3.63, 3.8) is 0 Å². The van der Waals surface area contributed by atoms with Crippen LogP contribution < -0.4 is 15.2 Å². The molecule has 98 valence electrons. The van der Waals surface area contributed by atoms with Crippen LogP contribution in [-0.4, -0.2) is 31.9 Å². The number of nitrogens with two attached hydrogens (primary N) is 1. The fraction of sp³-hybridized carbons (Fsp3) is 0.273. The van der Waals surface area contributed by atoms with Crippen LogP contribution >= 0.6 is 23.4 Å². The molecular weight excluding hydrogens is 274 g/mol. The maximum atomic E-state index is 6.05. The maximum Gasteiger partial charge on any atom is 0.180 e. The molecule has 0 saturated heterocycles. The van der Waals surface area contributed by atoms with Gasteiger partial charge in [0.1, 0.15) is 0 Å². The lowest BCUT2D eigenvalue weighted by Gasteiger charge is -2.09. The highest BCUT2D eigenvalue weighted by Crippen LogP contribution is 2.35. The van der Waals surface area contributed by atoms with Crippen LogP contribution in [0.4, 0.5) is 0 Å². The normalized spacial score (nSPS) is 11.9. The third-order valence-electron chi connectivity index (χ3n) is 2.03. The van der Waals surface area contributed by atoms with E-state index < -0.39 is 0 Å². The van der Waals surface area contributed by atoms with Crippen molar-refractivity contribution in [3.8, 4) is 11.5 Å². The smallest absolute Gasteiger partial charge is 0.180 e. The molecule has 0 spiro atoms. The fourth-order valence-electron chi connectivity index (χ4n) is 1.21. The molecule has 5 nitrogen and oxygen atoms in total. The van der Waals surface area contributed by atoms with Gasteiger partial charge in [0.2, 0.25) is 0 Å². The van der Waals surface area contributed by atoms with Crippen LogP contribution in [0.3, 0.4) is 0 Å². The summed E-state index contributed by atoms with van der Waals surface area (Å²) >= 11 is 7.37. The van der Waals surface area contributed by atoms with E-state index in [-0.39, 0.29) is 0 Å². The van der Waals surface area contributed by atoms with Crippen molar-refractivity contribution >= 4 is 34.7 Å². The summed E-state index contributed by atoms with van der Waals surface area (Å²) in [5.74, 6) is 1.02. The predicted octanol–water partition coefficient (Wildman–Crippen LogP) is 2.37. The summed E-state index contributed by atoms with van der Waals surface area (Å²) in [7, 11) is 3.07. The number of thioether (sulfide) groups is 1. The Bertz CT molecular complexity index is 478. The van der Waals surface area contributed by atoms with Crippen LogP contribution in [0.15, 0.2) is 22.3 Å². The van der Waals surface area contributed by atoms with Gasteiger partial charge in [-0.05, 0) is 18.4 Å². The van der Waals surface area contributed by atoms with Crippen molar-refractivity contribution in [2.45, 2.75) is 0 Å². The van der Waals surface area contributed by atoms with Gasteiger partial charge in [-0.3, -0.25) is 0 Å². The molecule has 0 unspecified atom stereocenters. The van der Waals surface area contributed by atoms with Crippen molar-refractivity contribution in [1.29, 1.82) is 0 Å². The van der Waals surface area contributed by atoms with Gasteiger partial charge < -0.3 is 15.2 Å². The first-order chi connectivity index (χ1) is 8.62. The number of rotatable bonds is 4. The lowest BCUT2D eigenvalue weighted by molar-refractivity contribution is 0.355. The molecule has 0 atom stereocenters. The van der Waals surface area contributed by atoms with Crippen molar-refractivity contribution in [3.05, 3.63) is 22.7 Å². The zero-order valence-electron chi connectivity index (χ0n) is 10.3. The molecule has 18 heavy (non-hydrogen) atoms. The number of hydrogen-bond donors (Lipinski definition) is 1. The first-order valence-electron chi connectivity index (χ1n) is 4.94. The van der Waals surface area contributed by atoms with Gasteiger partial charge in [-0.15, -0.1) is 5.10 Å². The molecule has 0 aliphatic carbocycles. The molecule has 0 aliphatic heterocycles. The monoisotopic (exact) mass is 287 g/mol. The average molecular weight is 288 g/mol. The zero-order chi connectivity index (χ0) is 13.5. The Balaban J connectivity index is 3.01. The van der Waals surface area contributed by atoms with E-state index in [2.05, 4.69) is 10.2 Å². The van der Waals surface area contributed by atoms with Gasteiger partial charge >= 0.3 is 0 Å². The van der Waals surface area contributed by atoms with Crippen LogP contribution in [0.2, 0.25) is 5.02 Å². The van der Waals surface area contributed by atoms with Gasteiger partial charge in [0.15, 0.2) is 16.7 Å². The third kappa shape index (κ3) is 3.82. The number of amidine groups is 1. The molecule has 1 aromatic carbocycles. The predicted molar refractivity (Wildman–Crippen MR) is 77.3 cm³/mol. The molecule has 0 saturated carbocycles. The van der Waals surface area contributed by atoms with E-state index in [0.29, 0.717) is 21.7 Å². The Morgan fingerprint density at radius 3 is 2.67 bits per heavy atom. The minimum atomic E-state index is 0.387. The second kappa shape index (κ2) is 7.13. The van der Waals surface area contributed by atoms with Gasteiger partial charge in [0.05, 0.1) is 25.5 Å². The van der Waals surface area contributed by atoms with E-state index in [1.807, 2.05) is 6.26 Å². The third-order valence-corrected chi connectivity index (χ3v) is 2.81. The quantitative estimate of drug-likeness (QED) is 0.524. The largest absolute Gasteiger partial charge is 0.493 e. The van der Waals surface area contributed by atoms with Crippen LogP contribution in [-0.2, 0) is 0 Å². The molecule has 0 heterocycles. The molecule has 2 N–H and O–H groups in total. The Labute approximate surface area is 115 Å². The maximum absolute atomic E-state index is 6.05. The van der Waals surface area contributed by atoms with Crippen molar-refractivity contribution in [1.82, 2.24) is 0 Å². The standard InChI is InChI=1S/C11H14ClN3O2S/c1-16-9-5-7(4-8(12)10(9)17-2)6-14-15-11(13)18-3/h4-6H,1-3H3,(H2,13,15)/b14-6-. The van der Waals surface area contributed by atoms with Crippen LogP contribution in [0, 0.1) is 0 Å². The second-order valence-corrected chi connectivity index (χ2v) is 4.36. The minimum absolute atomic E-state index is 0.387. The van der Waals surface area contributed by atoms with E-state index in [4.69, 9.17) is 26.8 Å². The topological polar surface area (TPSA) is 69.2 Å². The molecule has 0 fully saturated rings. The molecule has 0 aliphatic rings. The Hall–Kier alpha value is -1.40. The first-order valence-corrected chi connectivity index (χ1v) is 6.54. The Kier molecular flexibility index (Phi) is 5.80. The highest BCUT2D eigenvalue weighted by atomic mass is 35.5. The minimum Gasteiger partial charge on any atom is -0.493 e. The molecule has 0 amide bonds. The van der Waals surface area contributed by atoms with Crippen molar-refractivity contribution < 1.29 is 9.47 Å². The number of nitrogens with zero attached hydrogens (tertiary/aromatic N) is 2. The lowest BCUT2D eigenvalue weighted by atomic mass is 10.2. The first kappa shape index (κ1) is 14.7. The molecule has 0 aromatic heterocycles. The lowest BCUT2D eigenvalue weighted by Crippen LogP contribution is -2.03. The number of halogens is 1. The van der Waals surface area contributed by atoms with Crippen LogP contribution in [0.5, 0.6) is 11.5 Å². The van der Waals surface area contributed by atoms with Gasteiger partial charge in [0.25, 0.3) is 0 Å². The van der Waals surface area contributed by atoms with E-state index in [1.54, 1.807) is 19.2 Å². The van der Waals surface area contributed by atoms with E-state index in [9.17, 15) is 0 Å².